The van der Waals surface area contributed by atoms with Gasteiger partial charge in [-0.15, -0.1) is 0 Å². The Labute approximate surface area is 198 Å². The maximum absolute atomic E-state index is 14.0. The van der Waals surface area contributed by atoms with Crippen molar-refractivity contribution in [1.29, 1.82) is 0 Å². The second kappa shape index (κ2) is 8.79. The number of rotatable bonds is 5. The fraction of sp³-hybridized carbons (Fsp3) is 0.185. The van der Waals surface area contributed by atoms with Crippen LogP contribution in [0, 0.1) is 19.7 Å². The molecule has 1 aliphatic heterocycles. The molecule has 0 amide bonds. The van der Waals surface area contributed by atoms with Gasteiger partial charge in [0, 0.05) is 29.8 Å². The Balaban J connectivity index is 1.62. The molecule has 2 aromatic carbocycles. The van der Waals surface area contributed by atoms with Gasteiger partial charge in [0.05, 0.1) is 17.8 Å². The van der Waals surface area contributed by atoms with Crippen molar-refractivity contribution in [1.82, 2.24) is 19.8 Å². The zero-order valence-electron chi connectivity index (χ0n) is 18.6. The Hall–Kier alpha value is -3.51. The van der Waals surface area contributed by atoms with Gasteiger partial charge in [-0.1, -0.05) is 42.5 Å². The average Bonchev–Trinajstić information content (AvgIpc) is 3.30. The van der Waals surface area contributed by atoms with Gasteiger partial charge in [0.15, 0.2) is 5.11 Å². The van der Waals surface area contributed by atoms with Crippen LogP contribution in [0.1, 0.15) is 40.3 Å². The molecular formula is C27H25FN4S. The molecule has 4 aromatic rings. The predicted molar refractivity (Wildman–Crippen MR) is 133 cm³/mol. The standard InChI is InChI=1S/C27H25FN4S/c1-18-15-23(19(2)32(18)22-12-8-11-21(28)16-22)26-25(24-13-6-7-14-29-24)30-27(33)31(26)17-20-9-4-3-5-10-20/h3-16,25-26H,17H2,1-2H3,(H,30,33)/t25-,26+/m0/s1. The molecule has 33 heavy (non-hydrogen) atoms. The van der Waals surface area contributed by atoms with Gasteiger partial charge < -0.3 is 14.8 Å². The lowest BCUT2D eigenvalue weighted by molar-refractivity contribution is 0.310. The van der Waals surface area contributed by atoms with E-state index in [1.165, 1.54) is 11.6 Å². The molecule has 5 rings (SSSR count). The Morgan fingerprint density at radius 3 is 2.48 bits per heavy atom. The van der Waals surface area contributed by atoms with Crippen molar-refractivity contribution < 1.29 is 4.39 Å². The van der Waals surface area contributed by atoms with Crippen LogP contribution in [0.5, 0.6) is 0 Å². The molecule has 0 unspecified atom stereocenters. The molecule has 1 aliphatic rings. The first-order chi connectivity index (χ1) is 16.0. The molecule has 0 aliphatic carbocycles. The minimum Gasteiger partial charge on any atom is -0.352 e. The van der Waals surface area contributed by atoms with E-state index >= 15 is 0 Å². The van der Waals surface area contributed by atoms with E-state index in [1.54, 1.807) is 12.1 Å². The van der Waals surface area contributed by atoms with Crippen molar-refractivity contribution in [3.63, 3.8) is 0 Å². The molecule has 0 saturated carbocycles. The van der Waals surface area contributed by atoms with Crippen LogP contribution in [-0.2, 0) is 6.54 Å². The summed E-state index contributed by atoms with van der Waals surface area (Å²) in [6.07, 6.45) is 1.81. The molecule has 0 bridgehead atoms. The molecular weight excluding hydrogens is 431 g/mol. The van der Waals surface area contributed by atoms with Gasteiger partial charge in [-0.05, 0) is 73.6 Å². The van der Waals surface area contributed by atoms with Crippen molar-refractivity contribution >= 4 is 17.3 Å². The van der Waals surface area contributed by atoms with Crippen LogP contribution in [-0.4, -0.2) is 19.6 Å². The first kappa shape index (κ1) is 21.3. The summed E-state index contributed by atoms with van der Waals surface area (Å²) in [5.41, 5.74) is 6.20. The molecule has 4 nitrogen and oxygen atoms in total. The number of benzene rings is 2. The second-order valence-electron chi connectivity index (χ2n) is 8.38. The van der Waals surface area contributed by atoms with Crippen molar-refractivity contribution in [2.45, 2.75) is 32.5 Å². The molecule has 2 atom stereocenters. The van der Waals surface area contributed by atoms with E-state index in [1.807, 2.05) is 48.7 Å². The molecule has 6 heteroatoms. The summed E-state index contributed by atoms with van der Waals surface area (Å²) >= 11 is 5.82. The van der Waals surface area contributed by atoms with E-state index < -0.39 is 0 Å². The number of aryl methyl sites for hydroxylation is 1. The average molecular weight is 457 g/mol. The summed E-state index contributed by atoms with van der Waals surface area (Å²) in [5, 5.41) is 4.22. The molecule has 166 valence electrons. The lowest BCUT2D eigenvalue weighted by Gasteiger charge is -2.28. The minimum atomic E-state index is -0.248. The predicted octanol–water partition coefficient (Wildman–Crippen LogP) is 5.80. The van der Waals surface area contributed by atoms with E-state index in [9.17, 15) is 4.39 Å². The lowest BCUT2D eigenvalue weighted by Crippen LogP contribution is -2.29. The number of thiocarbonyl (C=S) groups is 1. The van der Waals surface area contributed by atoms with E-state index in [0.29, 0.717) is 11.7 Å². The SMILES string of the molecule is Cc1cc([C@@H]2[C@H](c3ccccn3)NC(=S)N2Cc2ccccc2)c(C)n1-c1cccc(F)c1. The second-order valence-corrected chi connectivity index (χ2v) is 8.77. The fourth-order valence-corrected chi connectivity index (χ4v) is 5.10. The summed E-state index contributed by atoms with van der Waals surface area (Å²) in [6, 6.07) is 25.0. The minimum absolute atomic E-state index is 0.0545. The monoisotopic (exact) mass is 456 g/mol. The van der Waals surface area contributed by atoms with E-state index in [2.05, 4.69) is 51.8 Å². The first-order valence-electron chi connectivity index (χ1n) is 11.0. The van der Waals surface area contributed by atoms with Crippen LogP contribution in [0.25, 0.3) is 5.69 Å². The summed E-state index contributed by atoms with van der Waals surface area (Å²) in [6.45, 7) is 4.83. The number of nitrogens with one attached hydrogen (secondary N) is 1. The number of nitrogens with zero attached hydrogens (tertiary/aromatic N) is 3. The van der Waals surface area contributed by atoms with E-state index in [4.69, 9.17) is 12.2 Å². The zero-order chi connectivity index (χ0) is 22.9. The quantitative estimate of drug-likeness (QED) is 0.385. The third kappa shape index (κ3) is 4.02. The summed E-state index contributed by atoms with van der Waals surface area (Å²) < 4.78 is 16.1. The number of halogens is 1. The van der Waals surface area contributed by atoms with Crippen LogP contribution in [0.15, 0.2) is 85.1 Å². The number of pyridine rings is 1. The molecule has 0 spiro atoms. The van der Waals surface area contributed by atoms with Crippen LogP contribution >= 0.6 is 12.2 Å². The molecule has 1 fully saturated rings. The number of hydrogen-bond acceptors (Lipinski definition) is 2. The lowest BCUT2D eigenvalue weighted by atomic mass is 9.96. The van der Waals surface area contributed by atoms with Gasteiger partial charge in [-0.25, -0.2) is 4.39 Å². The Morgan fingerprint density at radius 2 is 1.76 bits per heavy atom. The van der Waals surface area contributed by atoms with Gasteiger partial charge in [0.1, 0.15) is 5.82 Å². The van der Waals surface area contributed by atoms with Gasteiger partial charge >= 0.3 is 0 Å². The third-order valence-electron chi connectivity index (χ3n) is 6.25. The zero-order valence-corrected chi connectivity index (χ0v) is 19.4. The highest BCUT2D eigenvalue weighted by Gasteiger charge is 2.41. The Bertz CT molecular complexity index is 1290. The van der Waals surface area contributed by atoms with Crippen LogP contribution in [0.4, 0.5) is 4.39 Å². The summed E-state index contributed by atoms with van der Waals surface area (Å²) in [5.74, 6) is -0.248. The van der Waals surface area contributed by atoms with E-state index in [0.717, 1.165) is 28.3 Å². The van der Waals surface area contributed by atoms with Crippen LogP contribution in [0.2, 0.25) is 0 Å². The normalized spacial score (nSPS) is 17.9. The maximum atomic E-state index is 14.0. The molecule has 0 radical (unpaired) electrons. The number of hydrogen-bond donors (Lipinski definition) is 1. The van der Waals surface area contributed by atoms with Crippen LogP contribution < -0.4 is 5.32 Å². The summed E-state index contributed by atoms with van der Waals surface area (Å²) in [4.78, 5) is 6.87. The highest BCUT2D eigenvalue weighted by molar-refractivity contribution is 7.80. The van der Waals surface area contributed by atoms with Gasteiger partial charge in [0.25, 0.3) is 0 Å². The van der Waals surface area contributed by atoms with Crippen LogP contribution in [0.3, 0.4) is 0 Å². The highest BCUT2D eigenvalue weighted by Crippen LogP contribution is 2.42. The highest BCUT2D eigenvalue weighted by atomic mass is 32.1. The number of aromatic nitrogens is 2. The molecule has 3 heterocycles. The summed E-state index contributed by atoms with van der Waals surface area (Å²) in [7, 11) is 0. The Morgan fingerprint density at radius 1 is 0.970 bits per heavy atom. The van der Waals surface area contributed by atoms with Crippen molar-refractivity contribution in [3.05, 3.63) is 119 Å². The van der Waals surface area contributed by atoms with Gasteiger partial charge in [-0.2, -0.15) is 0 Å². The first-order valence-corrected chi connectivity index (χ1v) is 11.4. The van der Waals surface area contributed by atoms with Gasteiger partial charge in [-0.3, -0.25) is 4.98 Å². The third-order valence-corrected chi connectivity index (χ3v) is 6.60. The fourth-order valence-electron chi connectivity index (χ4n) is 4.79. The smallest absolute Gasteiger partial charge is 0.170 e. The van der Waals surface area contributed by atoms with Gasteiger partial charge in [0.2, 0.25) is 0 Å². The van der Waals surface area contributed by atoms with Crippen molar-refractivity contribution in [3.8, 4) is 5.69 Å². The van der Waals surface area contributed by atoms with Crippen molar-refractivity contribution in [2.75, 3.05) is 0 Å². The van der Waals surface area contributed by atoms with Crippen molar-refractivity contribution in [2.24, 2.45) is 0 Å². The molecule has 1 N–H and O–H groups in total. The maximum Gasteiger partial charge on any atom is 0.170 e. The topological polar surface area (TPSA) is 33.1 Å². The molecule has 1 saturated heterocycles. The largest absolute Gasteiger partial charge is 0.352 e. The molecule has 2 aromatic heterocycles. The Kier molecular flexibility index (Phi) is 5.68. The van der Waals surface area contributed by atoms with E-state index in [-0.39, 0.29) is 17.9 Å².